The van der Waals surface area contributed by atoms with Gasteiger partial charge in [-0.05, 0) is 57.3 Å². The maximum Gasteiger partial charge on any atom is 0.115 e. The zero-order valence-electron chi connectivity index (χ0n) is 22.4. The smallest absolute Gasteiger partial charge is 0.115 e. The lowest BCUT2D eigenvalue weighted by Crippen LogP contribution is -2.17. The quantitative estimate of drug-likeness (QED) is 0.130. The molecule has 0 fully saturated rings. The zero-order valence-corrected chi connectivity index (χ0v) is 24.2. The standard InChI is InChI=1S/C36H34O.H2S2/c1-26(28-15-7-3-8-16-28)35(30-19-11-5-12-20-30)33-24-23-32(37)25-34(33)36(31-21-13-6-14-22-31)27(2)29-17-9-4-10-18-29;1-2/h3-27,35-37H,1-2H3;1-2H. The van der Waals surface area contributed by atoms with Crippen molar-refractivity contribution < 1.29 is 5.11 Å². The largest absolute Gasteiger partial charge is 0.508 e. The minimum absolute atomic E-state index is 0.0832. The van der Waals surface area contributed by atoms with E-state index in [1.54, 1.807) is 0 Å². The van der Waals surface area contributed by atoms with E-state index in [0.717, 1.165) is 0 Å². The molecule has 0 aromatic heterocycles. The van der Waals surface area contributed by atoms with Gasteiger partial charge in [0.1, 0.15) is 5.75 Å². The second-order valence-corrected chi connectivity index (χ2v) is 9.99. The normalized spacial score (nSPS) is 13.8. The number of phenolic OH excluding ortho intramolecular Hbond substituents is 1. The van der Waals surface area contributed by atoms with Crippen molar-refractivity contribution in [2.75, 3.05) is 0 Å². The van der Waals surface area contributed by atoms with Crippen molar-refractivity contribution in [3.8, 4) is 5.75 Å². The van der Waals surface area contributed by atoms with E-state index in [1.165, 1.54) is 33.4 Å². The second-order valence-electron chi connectivity index (χ2n) is 9.99. The van der Waals surface area contributed by atoms with E-state index in [4.69, 9.17) is 0 Å². The van der Waals surface area contributed by atoms with Crippen molar-refractivity contribution in [3.05, 3.63) is 173 Å². The summed E-state index contributed by atoms with van der Waals surface area (Å²) in [5, 5.41) is 10.8. The highest BCUT2D eigenvalue weighted by Crippen LogP contribution is 2.47. The molecule has 0 amide bonds. The molecule has 4 atom stereocenters. The highest BCUT2D eigenvalue weighted by Gasteiger charge is 2.31. The molecular formula is C36H36OS2. The molecule has 198 valence electrons. The van der Waals surface area contributed by atoms with Crippen LogP contribution in [-0.2, 0) is 0 Å². The zero-order chi connectivity index (χ0) is 27.6. The van der Waals surface area contributed by atoms with Crippen LogP contribution in [0.4, 0.5) is 0 Å². The van der Waals surface area contributed by atoms with E-state index in [-0.39, 0.29) is 23.7 Å². The van der Waals surface area contributed by atoms with Crippen LogP contribution >= 0.6 is 23.3 Å². The third kappa shape index (κ3) is 6.79. The molecule has 5 aromatic rings. The molecule has 0 aliphatic carbocycles. The first-order valence-electron chi connectivity index (χ1n) is 13.4. The third-order valence-electron chi connectivity index (χ3n) is 7.71. The highest BCUT2D eigenvalue weighted by atomic mass is 33.1. The lowest BCUT2D eigenvalue weighted by Gasteiger charge is -2.33. The molecule has 0 heterocycles. The monoisotopic (exact) mass is 548 g/mol. The highest BCUT2D eigenvalue weighted by molar-refractivity contribution is 8.59. The number of hydrogen-bond acceptors (Lipinski definition) is 3. The maximum atomic E-state index is 10.8. The molecule has 5 rings (SSSR count). The van der Waals surface area contributed by atoms with Crippen LogP contribution < -0.4 is 0 Å². The Labute approximate surface area is 243 Å². The van der Waals surface area contributed by atoms with Gasteiger partial charge in [0.25, 0.3) is 0 Å². The Hall–Kier alpha value is -3.40. The van der Waals surface area contributed by atoms with Crippen molar-refractivity contribution in [2.45, 2.75) is 37.5 Å². The number of thiol groups is 2. The maximum absolute atomic E-state index is 10.8. The Bertz CT molecular complexity index is 1410. The first kappa shape index (κ1) is 28.6. The summed E-state index contributed by atoms with van der Waals surface area (Å²) in [6.07, 6.45) is 0. The van der Waals surface area contributed by atoms with Crippen molar-refractivity contribution in [1.82, 2.24) is 0 Å². The Morgan fingerprint density at radius 2 is 0.769 bits per heavy atom. The Kier molecular flexibility index (Phi) is 10.4. The van der Waals surface area contributed by atoms with E-state index in [0.29, 0.717) is 5.75 Å². The molecule has 5 aromatic carbocycles. The fourth-order valence-electron chi connectivity index (χ4n) is 5.81. The fourth-order valence-corrected chi connectivity index (χ4v) is 5.81. The molecule has 0 saturated carbocycles. The van der Waals surface area contributed by atoms with Crippen LogP contribution in [-0.4, -0.2) is 5.11 Å². The number of rotatable bonds is 8. The van der Waals surface area contributed by atoms with Gasteiger partial charge in [0.05, 0.1) is 0 Å². The van der Waals surface area contributed by atoms with E-state index >= 15 is 0 Å². The Morgan fingerprint density at radius 3 is 1.15 bits per heavy atom. The van der Waals surface area contributed by atoms with Crippen molar-refractivity contribution in [1.29, 1.82) is 0 Å². The molecule has 0 spiro atoms. The summed E-state index contributed by atoms with van der Waals surface area (Å²) in [4.78, 5) is 0. The van der Waals surface area contributed by atoms with Gasteiger partial charge in [0.15, 0.2) is 0 Å². The Balaban J connectivity index is 0.00000172. The van der Waals surface area contributed by atoms with Gasteiger partial charge >= 0.3 is 0 Å². The van der Waals surface area contributed by atoms with Crippen LogP contribution in [0.2, 0.25) is 0 Å². The lowest BCUT2D eigenvalue weighted by atomic mass is 9.71. The molecule has 0 aliphatic rings. The predicted octanol–water partition coefficient (Wildman–Crippen LogP) is 10.0. The summed E-state index contributed by atoms with van der Waals surface area (Å²) in [6.45, 7) is 4.63. The van der Waals surface area contributed by atoms with Crippen LogP contribution in [0, 0.1) is 0 Å². The number of phenols is 1. The molecule has 39 heavy (non-hydrogen) atoms. The van der Waals surface area contributed by atoms with E-state index in [9.17, 15) is 5.11 Å². The van der Waals surface area contributed by atoms with Gasteiger partial charge in [-0.3, -0.25) is 0 Å². The summed E-state index contributed by atoms with van der Waals surface area (Å²) in [6, 6.07) is 49.0. The number of hydrogen-bond donors (Lipinski definition) is 3. The van der Waals surface area contributed by atoms with Gasteiger partial charge in [-0.25, -0.2) is 0 Å². The summed E-state index contributed by atoms with van der Waals surface area (Å²) in [7, 11) is 0. The van der Waals surface area contributed by atoms with E-state index < -0.39 is 0 Å². The molecule has 0 radical (unpaired) electrons. The predicted molar refractivity (Wildman–Crippen MR) is 172 cm³/mol. The minimum Gasteiger partial charge on any atom is -0.508 e. The second kappa shape index (κ2) is 14.1. The average molecular weight is 549 g/mol. The van der Waals surface area contributed by atoms with Crippen LogP contribution in [0.5, 0.6) is 5.75 Å². The molecule has 0 saturated heterocycles. The summed E-state index contributed by atoms with van der Waals surface area (Å²) >= 11 is 6.44. The SMILES string of the molecule is CC(c1ccccc1)C(c1ccccc1)c1ccc(O)cc1C(c1ccccc1)C(C)c1ccccc1.SS. The summed E-state index contributed by atoms with van der Waals surface area (Å²) in [5.41, 5.74) is 7.58. The molecule has 1 N–H and O–H groups in total. The van der Waals surface area contributed by atoms with Gasteiger partial charge in [-0.15, -0.1) is 23.3 Å². The van der Waals surface area contributed by atoms with E-state index in [1.807, 2.05) is 12.1 Å². The first-order chi connectivity index (χ1) is 19.1. The first-order valence-corrected chi connectivity index (χ1v) is 15.0. The lowest BCUT2D eigenvalue weighted by molar-refractivity contribution is 0.472. The van der Waals surface area contributed by atoms with Crippen molar-refractivity contribution >= 4 is 23.3 Å². The van der Waals surface area contributed by atoms with Crippen molar-refractivity contribution in [2.24, 2.45) is 0 Å². The number of benzene rings is 5. The van der Waals surface area contributed by atoms with Crippen molar-refractivity contribution in [3.63, 3.8) is 0 Å². The average Bonchev–Trinajstić information content (AvgIpc) is 3.01. The minimum atomic E-state index is 0.0832. The van der Waals surface area contributed by atoms with Gasteiger partial charge in [-0.2, -0.15) is 0 Å². The molecule has 3 heteroatoms. The van der Waals surface area contributed by atoms with Gasteiger partial charge in [0.2, 0.25) is 0 Å². The van der Waals surface area contributed by atoms with Crippen LogP contribution in [0.3, 0.4) is 0 Å². The van der Waals surface area contributed by atoms with Gasteiger partial charge < -0.3 is 5.11 Å². The molecule has 0 aliphatic heterocycles. The topological polar surface area (TPSA) is 20.2 Å². The molecule has 0 bridgehead atoms. The molecular weight excluding hydrogens is 513 g/mol. The molecule has 4 unspecified atom stereocenters. The van der Waals surface area contributed by atoms with E-state index in [2.05, 4.69) is 165 Å². The van der Waals surface area contributed by atoms with Crippen LogP contribution in [0.1, 0.15) is 70.9 Å². The summed E-state index contributed by atoms with van der Waals surface area (Å²) < 4.78 is 0. The Morgan fingerprint density at radius 1 is 0.436 bits per heavy atom. The third-order valence-corrected chi connectivity index (χ3v) is 7.71. The van der Waals surface area contributed by atoms with Gasteiger partial charge in [0, 0.05) is 11.8 Å². The fraction of sp³-hybridized carbons (Fsp3) is 0.167. The number of aromatic hydroxyl groups is 1. The summed E-state index contributed by atoms with van der Waals surface area (Å²) in [5.74, 6) is 0.982. The van der Waals surface area contributed by atoms with Gasteiger partial charge in [-0.1, -0.05) is 141 Å². The van der Waals surface area contributed by atoms with Crippen LogP contribution in [0.15, 0.2) is 140 Å². The molecule has 1 nitrogen and oxygen atoms in total. The van der Waals surface area contributed by atoms with Crippen LogP contribution in [0.25, 0.3) is 0 Å².